The maximum absolute atomic E-state index is 6.13. The Morgan fingerprint density at radius 2 is 1.88 bits per heavy atom. The summed E-state index contributed by atoms with van der Waals surface area (Å²) in [6.45, 7) is 10.3. The molecule has 16 heavy (non-hydrogen) atoms. The summed E-state index contributed by atoms with van der Waals surface area (Å²) in [6, 6.07) is 0. The van der Waals surface area contributed by atoms with Gasteiger partial charge in [-0.05, 0) is 32.1 Å². The summed E-state index contributed by atoms with van der Waals surface area (Å²) in [4.78, 5) is 0. The van der Waals surface area contributed by atoms with Crippen molar-refractivity contribution in [3.05, 3.63) is 12.2 Å². The molecule has 2 heteroatoms. The highest BCUT2D eigenvalue weighted by atomic mass is 16.7. The number of rotatable bonds is 1. The lowest BCUT2D eigenvalue weighted by Crippen LogP contribution is -2.51. The summed E-state index contributed by atoms with van der Waals surface area (Å²) in [5.74, 6) is 0.616. The quantitative estimate of drug-likeness (QED) is 0.634. The zero-order chi connectivity index (χ0) is 11.6. The second kappa shape index (κ2) is 4.89. The van der Waals surface area contributed by atoms with Crippen LogP contribution in [0, 0.1) is 11.8 Å². The van der Waals surface area contributed by atoms with Crippen LogP contribution in [0.5, 0.6) is 0 Å². The molecule has 0 N–H and O–H groups in total. The molecule has 0 amide bonds. The highest BCUT2D eigenvalue weighted by Crippen LogP contribution is 2.46. The Hall–Kier alpha value is -0.340. The van der Waals surface area contributed by atoms with Crippen LogP contribution in [-0.4, -0.2) is 19.0 Å². The van der Waals surface area contributed by atoms with Gasteiger partial charge < -0.3 is 9.47 Å². The van der Waals surface area contributed by atoms with Gasteiger partial charge in [-0.15, -0.1) is 0 Å². The molecule has 0 bridgehead atoms. The first-order valence-corrected chi connectivity index (χ1v) is 6.63. The van der Waals surface area contributed by atoms with Gasteiger partial charge in [0, 0.05) is 11.8 Å². The smallest absolute Gasteiger partial charge is 0.174 e. The summed E-state index contributed by atoms with van der Waals surface area (Å²) in [5.41, 5.74) is 1.36. The van der Waals surface area contributed by atoms with E-state index in [0.29, 0.717) is 11.8 Å². The van der Waals surface area contributed by atoms with Crippen molar-refractivity contribution in [1.82, 2.24) is 0 Å². The van der Waals surface area contributed by atoms with Crippen molar-refractivity contribution in [3.63, 3.8) is 0 Å². The predicted molar refractivity (Wildman–Crippen MR) is 65.2 cm³/mol. The third-order valence-corrected chi connectivity index (χ3v) is 4.07. The fourth-order valence-electron chi connectivity index (χ4n) is 3.21. The third kappa shape index (κ3) is 2.05. The molecule has 2 rings (SSSR count). The van der Waals surface area contributed by atoms with Crippen molar-refractivity contribution >= 4 is 0 Å². The predicted octanol–water partition coefficient (Wildman–Crippen LogP) is 3.52. The Kier molecular flexibility index (Phi) is 3.70. The van der Waals surface area contributed by atoms with E-state index in [1.54, 1.807) is 0 Å². The largest absolute Gasteiger partial charge is 0.349 e. The first-order valence-electron chi connectivity index (χ1n) is 6.63. The van der Waals surface area contributed by atoms with Crippen LogP contribution in [0.2, 0.25) is 0 Å². The second-order valence-electron chi connectivity index (χ2n) is 5.29. The zero-order valence-electron chi connectivity index (χ0n) is 10.6. The van der Waals surface area contributed by atoms with E-state index in [2.05, 4.69) is 20.4 Å². The molecule has 0 aromatic rings. The van der Waals surface area contributed by atoms with Gasteiger partial charge in [0.25, 0.3) is 0 Å². The fourth-order valence-corrected chi connectivity index (χ4v) is 3.21. The van der Waals surface area contributed by atoms with Crippen LogP contribution in [-0.2, 0) is 9.47 Å². The molecule has 0 aromatic carbocycles. The molecule has 2 unspecified atom stereocenters. The van der Waals surface area contributed by atoms with E-state index >= 15 is 0 Å². The maximum atomic E-state index is 6.13. The lowest BCUT2D eigenvalue weighted by molar-refractivity contribution is -0.290. The molecule has 2 nitrogen and oxygen atoms in total. The fraction of sp³-hybridized carbons (Fsp3) is 0.857. The lowest BCUT2D eigenvalue weighted by Gasteiger charge is -2.47. The van der Waals surface area contributed by atoms with Crippen molar-refractivity contribution in [2.45, 2.75) is 51.7 Å². The van der Waals surface area contributed by atoms with E-state index in [1.165, 1.54) is 5.57 Å². The van der Waals surface area contributed by atoms with Gasteiger partial charge in [-0.2, -0.15) is 0 Å². The van der Waals surface area contributed by atoms with Crippen LogP contribution >= 0.6 is 0 Å². The van der Waals surface area contributed by atoms with Gasteiger partial charge in [0.2, 0.25) is 0 Å². The molecule has 1 saturated carbocycles. The van der Waals surface area contributed by atoms with Crippen molar-refractivity contribution < 1.29 is 9.47 Å². The Balaban J connectivity index is 2.21. The van der Waals surface area contributed by atoms with Crippen molar-refractivity contribution in [1.29, 1.82) is 0 Å². The summed E-state index contributed by atoms with van der Waals surface area (Å²) >= 11 is 0. The third-order valence-electron chi connectivity index (χ3n) is 4.07. The molecule has 0 radical (unpaired) electrons. The minimum absolute atomic E-state index is 0.313. The van der Waals surface area contributed by atoms with Gasteiger partial charge in [0.15, 0.2) is 5.79 Å². The van der Waals surface area contributed by atoms with Crippen molar-refractivity contribution in [3.8, 4) is 0 Å². The highest BCUT2D eigenvalue weighted by Gasteiger charge is 2.48. The molecule has 1 heterocycles. The Labute approximate surface area is 99.0 Å². The number of hydrogen-bond donors (Lipinski definition) is 0. The van der Waals surface area contributed by atoms with Gasteiger partial charge in [-0.3, -0.25) is 0 Å². The van der Waals surface area contributed by atoms with Gasteiger partial charge in [0.05, 0.1) is 13.2 Å². The van der Waals surface area contributed by atoms with Gasteiger partial charge in [0.1, 0.15) is 0 Å². The summed E-state index contributed by atoms with van der Waals surface area (Å²) in [7, 11) is 0. The molecule has 2 aliphatic rings. The topological polar surface area (TPSA) is 18.5 Å². The standard InChI is InChI=1S/C14H24O2/c1-4-13-10-11(2)9-12(3)14(13)15-7-5-6-8-16-14/h12-13H,2,4-10H2,1,3H3. The monoisotopic (exact) mass is 224 g/mol. The molecule has 92 valence electrons. The lowest BCUT2D eigenvalue weighted by atomic mass is 9.73. The van der Waals surface area contributed by atoms with Crippen molar-refractivity contribution in [2.24, 2.45) is 11.8 Å². The number of hydrogen-bond acceptors (Lipinski definition) is 2. The minimum Gasteiger partial charge on any atom is -0.349 e. The van der Waals surface area contributed by atoms with Crippen LogP contribution in [0.3, 0.4) is 0 Å². The van der Waals surface area contributed by atoms with E-state index in [9.17, 15) is 0 Å². The summed E-state index contributed by atoms with van der Waals surface area (Å²) in [6.07, 6.45) is 5.50. The van der Waals surface area contributed by atoms with E-state index in [1.807, 2.05) is 0 Å². The van der Waals surface area contributed by atoms with E-state index in [-0.39, 0.29) is 5.79 Å². The molecule has 0 aromatic heterocycles. The highest BCUT2D eigenvalue weighted by molar-refractivity contribution is 5.07. The average molecular weight is 224 g/mol. The van der Waals surface area contributed by atoms with Crippen LogP contribution in [0.15, 0.2) is 12.2 Å². The van der Waals surface area contributed by atoms with Crippen LogP contribution < -0.4 is 0 Å². The number of ether oxygens (including phenoxy) is 2. The SMILES string of the molecule is C=C1CC(C)C2(OCCCCO2)C(CC)C1. The molecular weight excluding hydrogens is 200 g/mol. The Bertz CT molecular complexity index is 251. The second-order valence-corrected chi connectivity index (χ2v) is 5.29. The normalized spacial score (nSPS) is 35.0. The molecule has 2 fully saturated rings. The Morgan fingerprint density at radius 3 is 2.44 bits per heavy atom. The summed E-state index contributed by atoms with van der Waals surface area (Å²) < 4.78 is 12.3. The minimum atomic E-state index is -0.313. The molecule has 2 atom stereocenters. The first kappa shape index (κ1) is 12.1. The molecular formula is C14H24O2. The summed E-state index contributed by atoms with van der Waals surface area (Å²) in [5, 5.41) is 0. The maximum Gasteiger partial charge on any atom is 0.174 e. The molecule has 1 saturated heterocycles. The Morgan fingerprint density at radius 1 is 1.25 bits per heavy atom. The van der Waals surface area contributed by atoms with Gasteiger partial charge in [-0.1, -0.05) is 26.0 Å². The zero-order valence-corrected chi connectivity index (χ0v) is 10.6. The van der Waals surface area contributed by atoms with E-state index in [0.717, 1.165) is 45.3 Å². The van der Waals surface area contributed by atoms with Crippen LogP contribution in [0.1, 0.15) is 46.0 Å². The van der Waals surface area contributed by atoms with Gasteiger partial charge >= 0.3 is 0 Å². The van der Waals surface area contributed by atoms with Crippen LogP contribution in [0.25, 0.3) is 0 Å². The van der Waals surface area contributed by atoms with E-state index < -0.39 is 0 Å². The van der Waals surface area contributed by atoms with Crippen molar-refractivity contribution in [2.75, 3.05) is 13.2 Å². The first-order chi connectivity index (χ1) is 7.69. The average Bonchev–Trinajstić information content (AvgIpc) is 2.50. The molecule has 1 aliphatic carbocycles. The molecule has 1 aliphatic heterocycles. The molecule has 1 spiro atoms. The van der Waals surface area contributed by atoms with Gasteiger partial charge in [-0.25, -0.2) is 0 Å². The van der Waals surface area contributed by atoms with Crippen LogP contribution in [0.4, 0.5) is 0 Å². The van der Waals surface area contributed by atoms with E-state index in [4.69, 9.17) is 9.47 Å². The number of allylic oxidation sites excluding steroid dienone is 1.